The molecule has 1 aliphatic carbocycles. The van der Waals surface area contributed by atoms with Crippen molar-refractivity contribution in [3.63, 3.8) is 0 Å². The van der Waals surface area contributed by atoms with E-state index in [4.69, 9.17) is 4.43 Å². The van der Waals surface area contributed by atoms with Gasteiger partial charge in [-0.3, -0.25) is 14.5 Å². The zero-order chi connectivity index (χ0) is 20.3. The number of hydrogen-bond donors (Lipinski definition) is 0. The molecule has 4 nitrogen and oxygen atoms in total. The highest BCUT2D eigenvalue weighted by Gasteiger charge is 2.67. The second kappa shape index (κ2) is 6.30. The van der Waals surface area contributed by atoms with Gasteiger partial charge in [0.1, 0.15) is 0 Å². The zero-order valence-corrected chi connectivity index (χ0v) is 19.3. The summed E-state index contributed by atoms with van der Waals surface area (Å²) >= 11 is 0. The van der Waals surface area contributed by atoms with Crippen LogP contribution in [0.4, 0.5) is 0 Å². The fourth-order valence-corrected chi connectivity index (χ4v) is 5.59. The van der Waals surface area contributed by atoms with Crippen LogP contribution in [0.25, 0.3) is 0 Å². The Balaban J connectivity index is 2.18. The number of fused-ring (bicyclic) bond motifs is 2. The van der Waals surface area contributed by atoms with Crippen molar-refractivity contribution < 1.29 is 14.0 Å². The van der Waals surface area contributed by atoms with Crippen LogP contribution in [0.5, 0.6) is 0 Å². The van der Waals surface area contributed by atoms with E-state index in [2.05, 4.69) is 47.7 Å². The molecule has 1 heterocycles. The molecule has 0 aromatic heterocycles. The number of rotatable bonds is 4. The first kappa shape index (κ1) is 21.4. The Hall–Kier alpha value is -0.943. The van der Waals surface area contributed by atoms with Crippen LogP contribution in [0, 0.1) is 10.8 Å². The van der Waals surface area contributed by atoms with Crippen molar-refractivity contribution in [2.24, 2.45) is 10.8 Å². The number of carbonyl (C=O) groups is 2. The van der Waals surface area contributed by atoms with Crippen LogP contribution in [0.2, 0.25) is 18.1 Å². The molecule has 148 valence electrons. The molecular formula is C21H37NO3Si. The van der Waals surface area contributed by atoms with Gasteiger partial charge >= 0.3 is 0 Å². The van der Waals surface area contributed by atoms with E-state index in [1.807, 2.05) is 26.8 Å². The highest BCUT2D eigenvalue weighted by Crippen LogP contribution is 2.60. The number of piperidine rings is 1. The molecule has 1 saturated heterocycles. The van der Waals surface area contributed by atoms with Crippen molar-refractivity contribution in [2.45, 2.75) is 98.5 Å². The molecule has 1 saturated carbocycles. The number of nitrogens with zero attached hydrogens (tertiary/aromatic N) is 1. The van der Waals surface area contributed by atoms with E-state index in [9.17, 15) is 9.59 Å². The summed E-state index contributed by atoms with van der Waals surface area (Å²) in [5, 5.41) is 0.121. The monoisotopic (exact) mass is 379 g/mol. The van der Waals surface area contributed by atoms with E-state index in [-0.39, 0.29) is 34.4 Å². The van der Waals surface area contributed by atoms with Gasteiger partial charge in [-0.05, 0) is 56.3 Å². The van der Waals surface area contributed by atoms with Crippen LogP contribution in [0.15, 0.2) is 11.6 Å². The lowest BCUT2D eigenvalue weighted by atomic mass is 9.70. The molecule has 2 aliphatic rings. The first-order valence-electron chi connectivity index (χ1n) is 9.80. The van der Waals surface area contributed by atoms with Gasteiger partial charge in [-0.25, -0.2) is 0 Å². The SMILES string of the molecule is C/C(=C\[C@H](C)O[Si](C)(C)C(C)(C)C)C(=O)N1C(=O)[C@]2(C)CC[C@H]1C2(C)C. The van der Waals surface area contributed by atoms with Gasteiger partial charge in [0.05, 0.1) is 11.5 Å². The van der Waals surface area contributed by atoms with E-state index < -0.39 is 13.7 Å². The van der Waals surface area contributed by atoms with E-state index >= 15 is 0 Å². The quantitative estimate of drug-likeness (QED) is 0.515. The van der Waals surface area contributed by atoms with Crippen LogP contribution in [-0.2, 0) is 14.0 Å². The fraction of sp³-hybridized carbons (Fsp3) is 0.810. The Bertz CT molecular complexity index is 644. The smallest absolute Gasteiger partial charge is 0.256 e. The maximum atomic E-state index is 13.1. The van der Waals surface area contributed by atoms with Crippen molar-refractivity contribution in [2.75, 3.05) is 0 Å². The van der Waals surface area contributed by atoms with Gasteiger partial charge in [0.15, 0.2) is 8.32 Å². The van der Waals surface area contributed by atoms with Gasteiger partial charge < -0.3 is 4.43 Å². The van der Waals surface area contributed by atoms with Gasteiger partial charge in [0, 0.05) is 11.6 Å². The molecule has 5 heteroatoms. The van der Waals surface area contributed by atoms with Gasteiger partial charge in [0.25, 0.3) is 5.91 Å². The molecule has 2 amide bonds. The summed E-state index contributed by atoms with van der Waals surface area (Å²) in [5.41, 5.74) is 0.0247. The molecule has 0 radical (unpaired) electrons. The Labute approximate surface area is 160 Å². The molecule has 3 atom stereocenters. The van der Waals surface area contributed by atoms with E-state index in [1.54, 1.807) is 0 Å². The molecule has 0 aromatic carbocycles. The minimum Gasteiger partial charge on any atom is -0.411 e. The van der Waals surface area contributed by atoms with Crippen molar-refractivity contribution >= 4 is 20.1 Å². The maximum absolute atomic E-state index is 13.1. The normalized spacial score (nSPS) is 30.1. The minimum atomic E-state index is -1.90. The lowest BCUT2D eigenvalue weighted by molar-refractivity contribution is -0.147. The summed E-state index contributed by atoms with van der Waals surface area (Å²) in [5.74, 6) is -0.156. The van der Waals surface area contributed by atoms with Gasteiger partial charge in [-0.2, -0.15) is 0 Å². The second-order valence-electron chi connectivity index (χ2n) is 10.5. The largest absolute Gasteiger partial charge is 0.411 e. The standard InChI is InChI=1S/C21H37NO3Si/c1-14(13-15(2)25-26(9,10)19(3,4)5)17(23)22-16-11-12-21(8,18(22)24)20(16,6)7/h13,15-16H,11-12H2,1-10H3/b14-13+/t15-,16-,21-/m0/s1. The molecule has 1 aliphatic heterocycles. The number of carbonyl (C=O) groups excluding carboxylic acids is 2. The molecule has 0 unspecified atom stereocenters. The number of hydrogen-bond acceptors (Lipinski definition) is 3. The summed E-state index contributed by atoms with van der Waals surface area (Å²) in [4.78, 5) is 27.6. The third kappa shape index (κ3) is 3.11. The number of likely N-dealkylation sites (tertiary alicyclic amines) is 1. The fourth-order valence-electron chi connectivity index (χ4n) is 4.24. The van der Waals surface area contributed by atoms with Crippen LogP contribution in [0.1, 0.15) is 68.2 Å². The average molecular weight is 380 g/mol. The highest BCUT2D eigenvalue weighted by molar-refractivity contribution is 6.74. The van der Waals surface area contributed by atoms with E-state index in [0.29, 0.717) is 5.57 Å². The molecule has 0 N–H and O–H groups in total. The highest BCUT2D eigenvalue weighted by atomic mass is 28.4. The Morgan fingerprint density at radius 1 is 1.31 bits per heavy atom. The Morgan fingerprint density at radius 3 is 2.27 bits per heavy atom. The van der Waals surface area contributed by atoms with Crippen molar-refractivity contribution in [3.8, 4) is 0 Å². The minimum absolute atomic E-state index is 0.00512. The molecule has 0 spiro atoms. The first-order valence-corrected chi connectivity index (χ1v) is 12.7. The van der Waals surface area contributed by atoms with Gasteiger partial charge in [0.2, 0.25) is 5.91 Å². The van der Waals surface area contributed by atoms with E-state index in [0.717, 1.165) is 12.8 Å². The second-order valence-corrected chi connectivity index (χ2v) is 15.3. The van der Waals surface area contributed by atoms with Crippen molar-refractivity contribution in [1.82, 2.24) is 4.90 Å². The Kier molecular flexibility index (Phi) is 5.17. The van der Waals surface area contributed by atoms with Crippen LogP contribution < -0.4 is 0 Å². The topological polar surface area (TPSA) is 46.6 Å². The molecular weight excluding hydrogens is 342 g/mol. The summed E-state index contributed by atoms with van der Waals surface area (Å²) in [7, 11) is -1.90. The maximum Gasteiger partial charge on any atom is 0.256 e. The predicted molar refractivity (Wildman–Crippen MR) is 108 cm³/mol. The summed E-state index contributed by atoms with van der Waals surface area (Å²) in [6, 6.07) is 0.00691. The predicted octanol–water partition coefficient (Wildman–Crippen LogP) is 4.91. The molecule has 2 fully saturated rings. The summed E-state index contributed by atoms with van der Waals surface area (Å²) < 4.78 is 6.34. The molecule has 2 rings (SSSR count). The van der Waals surface area contributed by atoms with Crippen LogP contribution in [0.3, 0.4) is 0 Å². The van der Waals surface area contributed by atoms with Crippen LogP contribution >= 0.6 is 0 Å². The number of amides is 2. The lowest BCUT2D eigenvalue weighted by Crippen LogP contribution is -2.45. The van der Waals surface area contributed by atoms with E-state index in [1.165, 1.54) is 4.90 Å². The van der Waals surface area contributed by atoms with Crippen molar-refractivity contribution in [3.05, 3.63) is 11.6 Å². The third-order valence-electron chi connectivity index (χ3n) is 7.50. The Morgan fingerprint density at radius 2 is 1.85 bits per heavy atom. The van der Waals surface area contributed by atoms with Crippen LogP contribution in [-0.4, -0.2) is 37.2 Å². The van der Waals surface area contributed by atoms with Gasteiger partial charge in [-0.15, -0.1) is 0 Å². The molecule has 2 bridgehead atoms. The first-order chi connectivity index (χ1) is 11.6. The van der Waals surface area contributed by atoms with Gasteiger partial charge in [-0.1, -0.05) is 41.5 Å². The third-order valence-corrected chi connectivity index (χ3v) is 12.1. The number of imide groups is 1. The molecule has 0 aromatic rings. The summed E-state index contributed by atoms with van der Waals surface area (Å²) in [6.45, 7) is 21.1. The lowest BCUT2D eigenvalue weighted by Gasteiger charge is -2.38. The zero-order valence-electron chi connectivity index (χ0n) is 18.3. The summed E-state index contributed by atoms with van der Waals surface area (Å²) in [6.07, 6.45) is 3.53. The molecule has 26 heavy (non-hydrogen) atoms. The van der Waals surface area contributed by atoms with Crippen molar-refractivity contribution in [1.29, 1.82) is 0 Å². The average Bonchev–Trinajstić information content (AvgIpc) is 2.76.